The fourth-order valence-corrected chi connectivity index (χ4v) is 1.45. The van der Waals surface area contributed by atoms with Crippen LogP contribution in [0, 0.1) is 5.92 Å². The van der Waals surface area contributed by atoms with E-state index in [4.69, 9.17) is 5.11 Å². The zero-order valence-corrected chi connectivity index (χ0v) is 9.30. The lowest BCUT2D eigenvalue weighted by atomic mass is 10.3. The average molecular weight is 235 g/mol. The first-order valence-electron chi connectivity index (χ1n) is 5.33. The Labute approximate surface area is 98.1 Å². The summed E-state index contributed by atoms with van der Waals surface area (Å²) in [5.74, 6) is -0.555. The van der Waals surface area contributed by atoms with E-state index in [1.807, 2.05) is 0 Å². The zero-order valence-electron chi connectivity index (χ0n) is 9.30. The van der Waals surface area contributed by atoms with Gasteiger partial charge in [0.25, 0.3) is 0 Å². The van der Waals surface area contributed by atoms with Crippen LogP contribution in [0.3, 0.4) is 0 Å². The lowest BCUT2D eigenvalue weighted by Gasteiger charge is -2.06. The summed E-state index contributed by atoms with van der Waals surface area (Å²) in [6, 6.07) is 2.81. The van der Waals surface area contributed by atoms with Crippen molar-refractivity contribution in [3.63, 3.8) is 0 Å². The van der Waals surface area contributed by atoms with Crippen LogP contribution < -0.4 is 10.6 Å². The van der Waals surface area contributed by atoms with Crippen LogP contribution in [0.4, 0.5) is 10.5 Å². The topological polar surface area (TPSA) is 91.3 Å². The molecule has 17 heavy (non-hydrogen) atoms. The van der Waals surface area contributed by atoms with Gasteiger partial charge in [-0.15, -0.1) is 0 Å². The molecule has 1 saturated carbocycles. The van der Waals surface area contributed by atoms with Gasteiger partial charge >= 0.3 is 12.0 Å². The van der Waals surface area contributed by atoms with Crippen molar-refractivity contribution in [3.05, 3.63) is 24.0 Å². The van der Waals surface area contributed by atoms with Gasteiger partial charge in [-0.05, 0) is 24.5 Å². The molecular weight excluding hydrogens is 222 g/mol. The van der Waals surface area contributed by atoms with Crippen LogP contribution in [0.5, 0.6) is 0 Å². The number of carbonyl (C=O) groups is 2. The standard InChI is InChI=1S/C11H13N3O3/c1-6-4-9(6)14-11(17)13-7-2-3-8(10(15)16)12-5-7/h2-3,5-6,9H,4H2,1H3,(H,15,16)(H2,13,14,17). The Balaban J connectivity index is 1.89. The summed E-state index contributed by atoms with van der Waals surface area (Å²) < 4.78 is 0. The molecule has 2 rings (SSSR count). The minimum absolute atomic E-state index is 0.0493. The van der Waals surface area contributed by atoms with Crippen LogP contribution in [0.1, 0.15) is 23.8 Å². The van der Waals surface area contributed by atoms with Gasteiger partial charge < -0.3 is 15.7 Å². The molecule has 0 aromatic carbocycles. The van der Waals surface area contributed by atoms with E-state index in [2.05, 4.69) is 22.5 Å². The summed E-state index contributed by atoms with van der Waals surface area (Å²) in [6.45, 7) is 2.06. The van der Waals surface area contributed by atoms with E-state index >= 15 is 0 Å². The first-order valence-corrected chi connectivity index (χ1v) is 5.33. The van der Waals surface area contributed by atoms with Gasteiger partial charge in [0.1, 0.15) is 5.69 Å². The third-order valence-corrected chi connectivity index (χ3v) is 2.67. The van der Waals surface area contributed by atoms with Gasteiger partial charge in [0.2, 0.25) is 0 Å². The molecule has 6 nitrogen and oxygen atoms in total. The first kappa shape index (κ1) is 11.4. The highest BCUT2D eigenvalue weighted by molar-refractivity contribution is 5.90. The van der Waals surface area contributed by atoms with Gasteiger partial charge in [-0.1, -0.05) is 6.92 Å². The second-order valence-corrected chi connectivity index (χ2v) is 4.16. The lowest BCUT2D eigenvalue weighted by molar-refractivity contribution is 0.0690. The Morgan fingerprint density at radius 3 is 2.65 bits per heavy atom. The quantitative estimate of drug-likeness (QED) is 0.736. The van der Waals surface area contributed by atoms with Crippen molar-refractivity contribution in [3.8, 4) is 0 Å². The molecule has 2 unspecified atom stereocenters. The molecule has 1 aromatic heterocycles. The average Bonchev–Trinajstić information content (AvgIpc) is 2.94. The molecule has 1 aromatic rings. The van der Waals surface area contributed by atoms with E-state index in [1.165, 1.54) is 18.3 Å². The number of aromatic nitrogens is 1. The SMILES string of the molecule is CC1CC1NC(=O)Nc1ccc(C(=O)O)nc1. The van der Waals surface area contributed by atoms with Crippen molar-refractivity contribution >= 4 is 17.7 Å². The van der Waals surface area contributed by atoms with Crippen LogP contribution in [0.25, 0.3) is 0 Å². The Bertz CT molecular complexity index is 444. The van der Waals surface area contributed by atoms with E-state index in [1.54, 1.807) is 0 Å². The predicted octanol–water partition coefficient (Wildman–Crippen LogP) is 1.31. The number of urea groups is 1. The number of rotatable bonds is 3. The van der Waals surface area contributed by atoms with Crippen molar-refractivity contribution < 1.29 is 14.7 Å². The van der Waals surface area contributed by atoms with Crippen LogP contribution in [0.2, 0.25) is 0 Å². The fourth-order valence-electron chi connectivity index (χ4n) is 1.45. The number of carboxylic acids is 1. The maximum Gasteiger partial charge on any atom is 0.354 e. The Morgan fingerprint density at radius 2 is 2.18 bits per heavy atom. The van der Waals surface area contributed by atoms with Crippen molar-refractivity contribution in [2.75, 3.05) is 5.32 Å². The van der Waals surface area contributed by atoms with Crippen molar-refractivity contribution in [1.82, 2.24) is 10.3 Å². The van der Waals surface area contributed by atoms with Crippen molar-refractivity contribution in [1.29, 1.82) is 0 Å². The maximum atomic E-state index is 11.5. The van der Waals surface area contributed by atoms with Gasteiger partial charge in [0, 0.05) is 6.04 Å². The number of pyridine rings is 1. The molecular formula is C11H13N3O3. The van der Waals surface area contributed by atoms with Gasteiger partial charge in [0.15, 0.2) is 0 Å². The third kappa shape index (κ3) is 2.93. The fraction of sp³-hybridized carbons (Fsp3) is 0.364. The van der Waals surface area contributed by atoms with Gasteiger partial charge in [-0.25, -0.2) is 14.6 Å². The molecule has 0 bridgehead atoms. The molecule has 3 N–H and O–H groups in total. The predicted molar refractivity (Wildman–Crippen MR) is 60.9 cm³/mol. The zero-order chi connectivity index (χ0) is 12.4. The smallest absolute Gasteiger partial charge is 0.354 e. The minimum atomic E-state index is -1.09. The van der Waals surface area contributed by atoms with E-state index < -0.39 is 5.97 Å². The summed E-state index contributed by atoms with van der Waals surface area (Å²) >= 11 is 0. The summed E-state index contributed by atoms with van der Waals surface area (Å²) in [5.41, 5.74) is 0.424. The molecule has 6 heteroatoms. The number of carbonyl (C=O) groups excluding carboxylic acids is 1. The third-order valence-electron chi connectivity index (χ3n) is 2.67. The molecule has 2 atom stereocenters. The van der Waals surface area contributed by atoms with Crippen LogP contribution in [0.15, 0.2) is 18.3 Å². The van der Waals surface area contributed by atoms with E-state index in [-0.39, 0.29) is 17.8 Å². The highest BCUT2D eigenvalue weighted by Crippen LogP contribution is 2.28. The normalized spacial score (nSPS) is 21.7. The second kappa shape index (κ2) is 4.40. The van der Waals surface area contributed by atoms with Gasteiger partial charge in [-0.2, -0.15) is 0 Å². The van der Waals surface area contributed by atoms with Crippen molar-refractivity contribution in [2.45, 2.75) is 19.4 Å². The number of nitrogens with one attached hydrogen (secondary N) is 2. The Morgan fingerprint density at radius 1 is 1.47 bits per heavy atom. The van der Waals surface area contributed by atoms with Crippen LogP contribution in [-0.4, -0.2) is 28.1 Å². The maximum absolute atomic E-state index is 11.5. The molecule has 1 aliphatic rings. The summed E-state index contributed by atoms with van der Waals surface area (Å²) in [7, 11) is 0. The minimum Gasteiger partial charge on any atom is -0.477 e. The van der Waals surface area contributed by atoms with E-state index in [9.17, 15) is 9.59 Å². The number of nitrogens with zero attached hydrogens (tertiary/aromatic N) is 1. The highest BCUT2D eigenvalue weighted by atomic mass is 16.4. The summed E-state index contributed by atoms with van der Waals surface area (Å²) in [6.07, 6.45) is 2.32. The molecule has 0 radical (unpaired) electrons. The molecule has 1 fully saturated rings. The van der Waals surface area contributed by atoms with Crippen molar-refractivity contribution in [2.24, 2.45) is 5.92 Å². The lowest BCUT2D eigenvalue weighted by Crippen LogP contribution is -2.31. The number of aromatic carboxylic acids is 1. The molecule has 0 spiro atoms. The second-order valence-electron chi connectivity index (χ2n) is 4.16. The molecule has 90 valence electrons. The molecule has 2 amide bonds. The number of hydrogen-bond donors (Lipinski definition) is 3. The van der Waals surface area contributed by atoms with E-state index in [0.717, 1.165) is 6.42 Å². The summed E-state index contributed by atoms with van der Waals surface area (Å²) in [4.78, 5) is 25.7. The Hall–Kier alpha value is -2.11. The number of carboxylic acid groups (broad SMARTS) is 1. The first-order chi connectivity index (χ1) is 8.06. The van der Waals surface area contributed by atoms with Crippen LogP contribution >= 0.6 is 0 Å². The highest BCUT2D eigenvalue weighted by Gasteiger charge is 2.33. The molecule has 0 aliphatic heterocycles. The number of hydrogen-bond acceptors (Lipinski definition) is 3. The van der Waals surface area contributed by atoms with Crippen LogP contribution in [-0.2, 0) is 0 Å². The number of anilines is 1. The van der Waals surface area contributed by atoms with Gasteiger partial charge in [0.05, 0.1) is 11.9 Å². The molecule has 1 aliphatic carbocycles. The largest absolute Gasteiger partial charge is 0.477 e. The monoisotopic (exact) mass is 235 g/mol. The summed E-state index contributed by atoms with van der Waals surface area (Å²) in [5, 5.41) is 14.0. The molecule has 0 saturated heterocycles. The van der Waals surface area contributed by atoms with E-state index in [0.29, 0.717) is 11.6 Å². The number of amides is 2. The van der Waals surface area contributed by atoms with Gasteiger partial charge in [-0.3, -0.25) is 0 Å². The Kier molecular flexibility index (Phi) is 2.95. The molecule has 1 heterocycles.